The van der Waals surface area contributed by atoms with Crippen molar-refractivity contribution < 1.29 is 14.3 Å². The standard InChI is InChI=1S/C21H27N5O3/c1-14-17(15-10-12-25(13-11-15)20(28)29-21(2,3)4)24-26(18(14)23-19(22)27)16-8-6-5-7-9-16/h5-10H,11-13H2,1-4H3,(H3,22,23,27). The molecule has 8 heteroatoms. The molecule has 3 rings (SSSR count). The molecule has 154 valence electrons. The normalized spacial score (nSPS) is 14.3. The first-order chi connectivity index (χ1) is 13.7. The van der Waals surface area contributed by atoms with Crippen LogP contribution in [0, 0.1) is 6.92 Å². The summed E-state index contributed by atoms with van der Waals surface area (Å²) in [6.45, 7) is 8.43. The Morgan fingerprint density at radius 3 is 2.45 bits per heavy atom. The Hall–Kier alpha value is -3.29. The number of carbonyl (C=O) groups excluding carboxylic acids is 2. The van der Waals surface area contributed by atoms with Gasteiger partial charge in [-0.1, -0.05) is 24.3 Å². The molecule has 0 radical (unpaired) electrons. The van der Waals surface area contributed by atoms with Crippen molar-refractivity contribution in [3.8, 4) is 5.69 Å². The van der Waals surface area contributed by atoms with E-state index in [-0.39, 0.29) is 6.09 Å². The highest BCUT2D eigenvalue weighted by molar-refractivity contribution is 5.89. The molecular weight excluding hydrogens is 370 g/mol. The number of carbonyl (C=O) groups is 2. The van der Waals surface area contributed by atoms with Gasteiger partial charge >= 0.3 is 12.1 Å². The zero-order valence-corrected chi connectivity index (χ0v) is 17.2. The molecule has 1 aromatic heterocycles. The first-order valence-electron chi connectivity index (χ1n) is 9.54. The molecule has 0 spiro atoms. The minimum absolute atomic E-state index is 0.324. The van der Waals surface area contributed by atoms with Crippen LogP contribution in [0.5, 0.6) is 0 Å². The highest BCUT2D eigenvalue weighted by Crippen LogP contribution is 2.31. The molecule has 2 heterocycles. The van der Waals surface area contributed by atoms with Crippen molar-refractivity contribution in [1.82, 2.24) is 14.7 Å². The van der Waals surface area contributed by atoms with Crippen LogP contribution in [0.1, 0.15) is 38.4 Å². The predicted octanol–water partition coefficient (Wildman–Crippen LogP) is 3.70. The average molecular weight is 397 g/mol. The van der Waals surface area contributed by atoms with Gasteiger partial charge in [-0.15, -0.1) is 0 Å². The van der Waals surface area contributed by atoms with Gasteiger partial charge in [0, 0.05) is 18.7 Å². The number of nitrogens with one attached hydrogen (secondary N) is 1. The van der Waals surface area contributed by atoms with Crippen LogP contribution in [0.2, 0.25) is 0 Å². The number of benzene rings is 1. The minimum Gasteiger partial charge on any atom is -0.444 e. The lowest BCUT2D eigenvalue weighted by Gasteiger charge is -2.29. The summed E-state index contributed by atoms with van der Waals surface area (Å²) in [7, 11) is 0. The van der Waals surface area contributed by atoms with Gasteiger partial charge in [0.2, 0.25) is 0 Å². The number of aromatic nitrogens is 2. The van der Waals surface area contributed by atoms with Gasteiger partial charge in [-0.25, -0.2) is 14.3 Å². The molecule has 0 aliphatic carbocycles. The minimum atomic E-state index is -0.648. The van der Waals surface area contributed by atoms with E-state index in [1.807, 2.05) is 64.1 Å². The first kappa shape index (κ1) is 20.4. The van der Waals surface area contributed by atoms with Gasteiger partial charge in [-0.05, 0) is 51.8 Å². The lowest BCUT2D eigenvalue weighted by Crippen LogP contribution is -2.39. The van der Waals surface area contributed by atoms with E-state index in [2.05, 4.69) is 5.32 Å². The molecule has 0 fully saturated rings. The van der Waals surface area contributed by atoms with Crippen molar-refractivity contribution in [3.05, 3.63) is 47.7 Å². The lowest BCUT2D eigenvalue weighted by molar-refractivity contribution is 0.0270. The van der Waals surface area contributed by atoms with Crippen molar-refractivity contribution in [1.29, 1.82) is 0 Å². The number of ether oxygens (including phenoxy) is 1. The SMILES string of the molecule is Cc1c(C2=CCN(C(=O)OC(C)(C)C)CC2)nn(-c2ccccc2)c1NC(N)=O. The van der Waals surface area contributed by atoms with Crippen LogP contribution in [0.3, 0.4) is 0 Å². The Morgan fingerprint density at radius 2 is 1.90 bits per heavy atom. The van der Waals surface area contributed by atoms with E-state index in [4.69, 9.17) is 15.6 Å². The molecule has 3 amide bonds. The smallest absolute Gasteiger partial charge is 0.410 e. The largest absolute Gasteiger partial charge is 0.444 e. The fourth-order valence-electron chi connectivity index (χ4n) is 3.20. The van der Waals surface area contributed by atoms with Crippen molar-refractivity contribution >= 4 is 23.5 Å². The molecular formula is C21H27N5O3. The molecule has 0 bridgehead atoms. The van der Waals surface area contributed by atoms with Crippen molar-refractivity contribution in [2.24, 2.45) is 5.73 Å². The monoisotopic (exact) mass is 397 g/mol. The van der Waals surface area contributed by atoms with Gasteiger partial charge in [-0.3, -0.25) is 5.32 Å². The number of hydrogen-bond acceptors (Lipinski definition) is 4. The Balaban J connectivity index is 1.89. The maximum Gasteiger partial charge on any atom is 0.410 e. The second-order valence-electron chi connectivity index (χ2n) is 7.96. The summed E-state index contributed by atoms with van der Waals surface area (Å²) in [5, 5.41) is 7.41. The number of para-hydroxylation sites is 1. The van der Waals surface area contributed by atoms with Gasteiger partial charge < -0.3 is 15.4 Å². The predicted molar refractivity (Wildman–Crippen MR) is 112 cm³/mol. The van der Waals surface area contributed by atoms with Crippen molar-refractivity contribution in [2.75, 3.05) is 18.4 Å². The molecule has 2 aromatic rings. The third-order valence-corrected chi connectivity index (χ3v) is 4.53. The van der Waals surface area contributed by atoms with E-state index >= 15 is 0 Å². The molecule has 1 aromatic carbocycles. The van der Waals surface area contributed by atoms with E-state index in [9.17, 15) is 9.59 Å². The second kappa shape index (κ2) is 7.98. The van der Waals surface area contributed by atoms with E-state index in [0.29, 0.717) is 25.3 Å². The van der Waals surface area contributed by atoms with Crippen LogP contribution in [-0.2, 0) is 4.74 Å². The van der Waals surface area contributed by atoms with Crippen LogP contribution < -0.4 is 11.1 Å². The van der Waals surface area contributed by atoms with Crippen LogP contribution in [0.15, 0.2) is 36.4 Å². The molecule has 3 N–H and O–H groups in total. The van der Waals surface area contributed by atoms with Gasteiger partial charge in [-0.2, -0.15) is 5.10 Å². The van der Waals surface area contributed by atoms with E-state index < -0.39 is 11.6 Å². The van der Waals surface area contributed by atoms with E-state index in [1.165, 1.54) is 0 Å². The fraction of sp³-hybridized carbons (Fsp3) is 0.381. The zero-order valence-electron chi connectivity index (χ0n) is 17.2. The molecule has 1 aliphatic heterocycles. The number of nitrogens with zero attached hydrogens (tertiary/aromatic N) is 3. The van der Waals surface area contributed by atoms with Crippen molar-refractivity contribution in [2.45, 2.75) is 39.7 Å². The van der Waals surface area contributed by atoms with Crippen LogP contribution in [-0.4, -0.2) is 45.5 Å². The molecule has 29 heavy (non-hydrogen) atoms. The molecule has 1 aliphatic rings. The summed E-state index contributed by atoms with van der Waals surface area (Å²) >= 11 is 0. The number of rotatable bonds is 3. The third kappa shape index (κ3) is 4.77. The summed E-state index contributed by atoms with van der Waals surface area (Å²) in [4.78, 5) is 25.5. The number of primary amides is 1. The second-order valence-corrected chi connectivity index (χ2v) is 7.96. The number of nitrogens with two attached hydrogens (primary N) is 1. The Bertz CT molecular complexity index is 941. The molecule has 0 unspecified atom stereocenters. The lowest BCUT2D eigenvalue weighted by atomic mass is 10.0. The average Bonchev–Trinajstić information content (AvgIpc) is 2.97. The summed E-state index contributed by atoms with van der Waals surface area (Å²) in [6.07, 6.45) is 2.30. The van der Waals surface area contributed by atoms with E-state index in [0.717, 1.165) is 22.5 Å². The highest BCUT2D eigenvalue weighted by Gasteiger charge is 2.26. The maximum absolute atomic E-state index is 12.3. The fourth-order valence-corrected chi connectivity index (χ4v) is 3.20. The maximum atomic E-state index is 12.3. The van der Waals surface area contributed by atoms with Crippen LogP contribution >= 0.6 is 0 Å². The quantitative estimate of drug-likeness (QED) is 0.824. The number of urea groups is 1. The molecule has 0 saturated carbocycles. The Morgan fingerprint density at radius 1 is 1.21 bits per heavy atom. The van der Waals surface area contributed by atoms with Crippen LogP contribution in [0.4, 0.5) is 15.4 Å². The Kier molecular flexibility index (Phi) is 5.63. The van der Waals surface area contributed by atoms with Gasteiger partial charge in [0.05, 0.1) is 11.4 Å². The highest BCUT2D eigenvalue weighted by atomic mass is 16.6. The number of hydrogen-bond donors (Lipinski definition) is 2. The zero-order chi connectivity index (χ0) is 21.2. The van der Waals surface area contributed by atoms with Gasteiger partial charge in [0.25, 0.3) is 0 Å². The first-order valence-corrected chi connectivity index (χ1v) is 9.54. The number of amides is 3. The Labute approximate surface area is 170 Å². The van der Waals surface area contributed by atoms with Crippen molar-refractivity contribution in [3.63, 3.8) is 0 Å². The van der Waals surface area contributed by atoms with Crippen LogP contribution in [0.25, 0.3) is 11.3 Å². The van der Waals surface area contributed by atoms with E-state index in [1.54, 1.807) is 9.58 Å². The van der Waals surface area contributed by atoms with Gasteiger partial charge in [0.1, 0.15) is 11.4 Å². The molecule has 8 nitrogen and oxygen atoms in total. The van der Waals surface area contributed by atoms with Gasteiger partial charge in [0.15, 0.2) is 0 Å². The number of anilines is 1. The summed E-state index contributed by atoms with van der Waals surface area (Å²) in [5.74, 6) is 0.536. The molecule has 0 saturated heterocycles. The summed E-state index contributed by atoms with van der Waals surface area (Å²) in [5.41, 5.74) is 8.28. The summed E-state index contributed by atoms with van der Waals surface area (Å²) < 4.78 is 7.12. The summed E-state index contributed by atoms with van der Waals surface area (Å²) in [6, 6.07) is 8.88. The molecule has 0 atom stereocenters. The topological polar surface area (TPSA) is 102 Å². The third-order valence-electron chi connectivity index (χ3n) is 4.53.